The molecule has 0 radical (unpaired) electrons. The van der Waals surface area contributed by atoms with Crippen LogP contribution in [0, 0.1) is 23.2 Å². The molecule has 17 heavy (non-hydrogen) atoms. The van der Waals surface area contributed by atoms with Crippen LogP contribution in [0.2, 0.25) is 0 Å². The Labute approximate surface area is 109 Å². The molecule has 0 aliphatic heterocycles. The summed E-state index contributed by atoms with van der Waals surface area (Å²) in [5, 5.41) is 3.08. The molecular weight excluding hydrogens is 234 g/mol. The van der Waals surface area contributed by atoms with E-state index in [-0.39, 0.29) is 16.7 Å². The minimum atomic E-state index is 0.0533. The van der Waals surface area contributed by atoms with E-state index in [0.717, 1.165) is 6.42 Å². The van der Waals surface area contributed by atoms with Crippen LogP contribution in [0.3, 0.4) is 0 Å². The number of hydrogen-bond acceptors (Lipinski definition) is 1. The van der Waals surface area contributed by atoms with Crippen molar-refractivity contribution >= 4 is 17.5 Å². The van der Waals surface area contributed by atoms with Crippen molar-refractivity contribution in [3.8, 4) is 0 Å². The average Bonchev–Trinajstić information content (AvgIpc) is 2.66. The van der Waals surface area contributed by atoms with Crippen molar-refractivity contribution in [1.29, 1.82) is 0 Å². The molecule has 0 aromatic heterocycles. The zero-order valence-electron chi connectivity index (χ0n) is 11.1. The molecule has 2 fully saturated rings. The summed E-state index contributed by atoms with van der Waals surface area (Å²) < 4.78 is 0. The fourth-order valence-electron chi connectivity index (χ4n) is 3.28. The first kappa shape index (κ1) is 13.2. The predicted molar refractivity (Wildman–Crippen MR) is 71.0 cm³/mol. The largest absolute Gasteiger partial charge is 0.354 e. The van der Waals surface area contributed by atoms with Gasteiger partial charge in [0.2, 0.25) is 5.91 Å². The molecule has 0 aromatic rings. The third kappa shape index (κ3) is 3.37. The lowest BCUT2D eigenvalue weighted by Gasteiger charge is -2.22. The van der Waals surface area contributed by atoms with E-state index in [1.54, 1.807) is 0 Å². The number of alkyl halides is 1. The average molecular weight is 258 g/mol. The van der Waals surface area contributed by atoms with E-state index in [1.807, 2.05) is 0 Å². The van der Waals surface area contributed by atoms with Crippen LogP contribution in [-0.2, 0) is 4.79 Å². The van der Waals surface area contributed by atoms with Gasteiger partial charge in [-0.05, 0) is 36.5 Å². The Hall–Kier alpha value is -0.240. The Kier molecular flexibility index (Phi) is 3.72. The maximum absolute atomic E-state index is 11.9. The molecule has 1 N–H and O–H groups in total. The van der Waals surface area contributed by atoms with Gasteiger partial charge in [-0.25, -0.2) is 0 Å². The highest BCUT2D eigenvalue weighted by Crippen LogP contribution is 2.57. The number of halogens is 1. The molecule has 0 aromatic carbocycles. The Bertz CT molecular complexity index is 287. The lowest BCUT2D eigenvalue weighted by Crippen LogP contribution is -2.33. The van der Waals surface area contributed by atoms with Crippen LogP contribution in [0.5, 0.6) is 0 Å². The molecule has 2 nitrogen and oxygen atoms in total. The highest BCUT2D eigenvalue weighted by molar-refractivity contribution is 6.20. The molecule has 2 saturated carbocycles. The van der Waals surface area contributed by atoms with Crippen molar-refractivity contribution in [1.82, 2.24) is 5.32 Å². The number of amides is 1. The Balaban J connectivity index is 1.67. The molecule has 0 bridgehead atoms. The SMILES string of the molecule is CC(C)(C)CC(Cl)CNC(=O)C1C2CCCC21. The fourth-order valence-corrected chi connectivity index (χ4v) is 3.82. The first-order chi connectivity index (χ1) is 7.88. The monoisotopic (exact) mass is 257 g/mol. The van der Waals surface area contributed by atoms with Gasteiger partial charge in [0.25, 0.3) is 0 Å². The van der Waals surface area contributed by atoms with Crippen LogP contribution in [0.1, 0.15) is 46.5 Å². The standard InChI is InChI=1S/C14H24ClNO/c1-14(2,3)7-9(15)8-16-13(17)12-10-5-4-6-11(10)12/h9-12H,4-8H2,1-3H3,(H,16,17). The van der Waals surface area contributed by atoms with E-state index in [9.17, 15) is 4.79 Å². The van der Waals surface area contributed by atoms with Crippen molar-refractivity contribution < 1.29 is 4.79 Å². The zero-order chi connectivity index (χ0) is 12.6. The summed E-state index contributed by atoms with van der Waals surface area (Å²) in [6, 6.07) is 0. The molecule has 2 rings (SSSR count). The van der Waals surface area contributed by atoms with Crippen molar-refractivity contribution in [2.75, 3.05) is 6.54 Å². The summed E-state index contributed by atoms with van der Waals surface area (Å²) in [5.41, 5.74) is 0.229. The smallest absolute Gasteiger partial charge is 0.223 e. The molecule has 3 atom stereocenters. The van der Waals surface area contributed by atoms with Crippen LogP contribution in [0.25, 0.3) is 0 Å². The summed E-state index contributed by atoms with van der Waals surface area (Å²) in [5.74, 6) is 1.97. The Morgan fingerprint density at radius 3 is 2.47 bits per heavy atom. The summed E-state index contributed by atoms with van der Waals surface area (Å²) in [4.78, 5) is 11.9. The van der Waals surface area contributed by atoms with Crippen LogP contribution in [0.15, 0.2) is 0 Å². The minimum absolute atomic E-state index is 0.0533. The first-order valence-corrected chi connectivity index (χ1v) is 7.24. The number of rotatable bonds is 4. The zero-order valence-corrected chi connectivity index (χ0v) is 11.9. The molecule has 2 aliphatic rings. The van der Waals surface area contributed by atoms with E-state index in [0.29, 0.717) is 24.3 Å². The Morgan fingerprint density at radius 2 is 1.94 bits per heavy atom. The topological polar surface area (TPSA) is 29.1 Å². The van der Waals surface area contributed by atoms with Gasteiger partial charge in [0.15, 0.2) is 0 Å². The number of hydrogen-bond donors (Lipinski definition) is 1. The Morgan fingerprint density at radius 1 is 1.35 bits per heavy atom. The lowest BCUT2D eigenvalue weighted by atomic mass is 9.90. The third-order valence-electron chi connectivity index (χ3n) is 4.04. The summed E-state index contributed by atoms with van der Waals surface area (Å²) >= 11 is 6.24. The molecule has 0 heterocycles. The van der Waals surface area contributed by atoms with E-state index in [4.69, 9.17) is 11.6 Å². The number of nitrogens with one attached hydrogen (secondary N) is 1. The molecule has 1 amide bonds. The lowest BCUT2D eigenvalue weighted by molar-refractivity contribution is -0.123. The van der Waals surface area contributed by atoms with Crippen molar-refractivity contribution in [3.63, 3.8) is 0 Å². The van der Waals surface area contributed by atoms with Gasteiger partial charge >= 0.3 is 0 Å². The number of fused-ring (bicyclic) bond motifs is 1. The number of carbonyl (C=O) groups excluding carboxylic acids is 1. The van der Waals surface area contributed by atoms with Gasteiger partial charge in [0.1, 0.15) is 0 Å². The molecular formula is C14H24ClNO. The van der Waals surface area contributed by atoms with Gasteiger partial charge in [0.05, 0.1) is 5.38 Å². The third-order valence-corrected chi connectivity index (χ3v) is 4.35. The molecule has 0 spiro atoms. The van der Waals surface area contributed by atoms with Crippen molar-refractivity contribution in [2.24, 2.45) is 23.2 Å². The maximum atomic E-state index is 11.9. The molecule has 98 valence electrons. The second-order valence-corrected chi connectivity index (χ2v) is 7.51. The van der Waals surface area contributed by atoms with E-state index >= 15 is 0 Å². The molecule has 3 unspecified atom stereocenters. The van der Waals surface area contributed by atoms with Crippen molar-refractivity contribution in [3.05, 3.63) is 0 Å². The van der Waals surface area contributed by atoms with Crippen LogP contribution >= 0.6 is 11.6 Å². The van der Waals surface area contributed by atoms with Gasteiger partial charge in [-0.2, -0.15) is 0 Å². The van der Waals surface area contributed by atoms with E-state index < -0.39 is 0 Å². The molecule has 3 heteroatoms. The maximum Gasteiger partial charge on any atom is 0.223 e. The summed E-state index contributed by atoms with van der Waals surface area (Å²) in [6.45, 7) is 7.15. The molecule has 0 saturated heterocycles. The normalized spacial score (nSPS) is 33.1. The van der Waals surface area contributed by atoms with Crippen LogP contribution in [-0.4, -0.2) is 17.8 Å². The first-order valence-electron chi connectivity index (χ1n) is 6.80. The summed E-state index contributed by atoms with van der Waals surface area (Å²) in [7, 11) is 0. The van der Waals surface area contributed by atoms with Gasteiger partial charge < -0.3 is 5.32 Å². The van der Waals surface area contributed by atoms with E-state index in [1.165, 1.54) is 19.3 Å². The fraction of sp³-hybridized carbons (Fsp3) is 0.929. The predicted octanol–water partition coefficient (Wildman–Crippen LogP) is 3.19. The van der Waals surface area contributed by atoms with Gasteiger partial charge in [0, 0.05) is 12.5 Å². The second-order valence-electron chi connectivity index (χ2n) is 6.89. The van der Waals surface area contributed by atoms with E-state index in [2.05, 4.69) is 26.1 Å². The van der Waals surface area contributed by atoms with Gasteiger partial charge in [-0.3, -0.25) is 4.79 Å². The molecule has 2 aliphatic carbocycles. The van der Waals surface area contributed by atoms with Crippen LogP contribution in [0.4, 0.5) is 0 Å². The minimum Gasteiger partial charge on any atom is -0.354 e. The summed E-state index contributed by atoms with van der Waals surface area (Å²) in [6.07, 6.45) is 4.78. The number of carbonyl (C=O) groups is 1. The second kappa shape index (κ2) is 4.79. The van der Waals surface area contributed by atoms with Gasteiger partial charge in [-0.1, -0.05) is 27.2 Å². The van der Waals surface area contributed by atoms with Crippen molar-refractivity contribution in [2.45, 2.75) is 51.8 Å². The van der Waals surface area contributed by atoms with Crippen LogP contribution < -0.4 is 5.32 Å². The highest BCUT2D eigenvalue weighted by Gasteiger charge is 2.56. The van der Waals surface area contributed by atoms with Gasteiger partial charge in [-0.15, -0.1) is 11.6 Å². The highest BCUT2D eigenvalue weighted by atomic mass is 35.5. The quantitative estimate of drug-likeness (QED) is 0.770.